The van der Waals surface area contributed by atoms with Gasteiger partial charge >= 0.3 is 0 Å². The molecule has 0 bridgehead atoms. The molecule has 3 nitrogen and oxygen atoms in total. The van der Waals surface area contributed by atoms with E-state index in [9.17, 15) is 0 Å². The van der Waals surface area contributed by atoms with Crippen molar-refractivity contribution in [2.24, 2.45) is 5.73 Å². The highest BCUT2D eigenvalue weighted by atomic mass is 35.5. The third kappa shape index (κ3) is 3.38. The van der Waals surface area contributed by atoms with Crippen LogP contribution in [0.2, 0.25) is 10.0 Å². The summed E-state index contributed by atoms with van der Waals surface area (Å²) in [5, 5.41) is 8.45. The summed E-state index contributed by atoms with van der Waals surface area (Å²) >= 11 is 13.3. The summed E-state index contributed by atoms with van der Waals surface area (Å²) in [6.07, 6.45) is 1.66. The van der Waals surface area contributed by atoms with Gasteiger partial charge < -0.3 is 5.73 Å². The van der Waals surface area contributed by atoms with E-state index in [1.54, 1.807) is 18.3 Å². The lowest BCUT2D eigenvalue weighted by Gasteiger charge is -2.04. The molecule has 0 atom stereocenters. The summed E-state index contributed by atoms with van der Waals surface area (Å²) in [7, 11) is 0. The Morgan fingerprint density at radius 2 is 1.78 bits per heavy atom. The highest BCUT2D eigenvalue weighted by Gasteiger charge is 2.03. The predicted octanol–water partition coefficient (Wildman–Crippen LogP) is 3.82. The van der Waals surface area contributed by atoms with E-state index in [4.69, 9.17) is 34.3 Å². The van der Waals surface area contributed by atoms with Gasteiger partial charge in [-0.05, 0) is 30.3 Å². The largest absolute Gasteiger partial charge is 0.382 e. The third-order valence-electron chi connectivity index (χ3n) is 2.08. The van der Waals surface area contributed by atoms with E-state index < -0.39 is 0 Å². The number of nitrogens with one attached hydrogen (secondary N) is 1. The van der Waals surface area contributed by atoms with Crippen LogP contribution in [-0.4, -0.2) is 10.8 Å². The van der Waals surface area contributed by atoms with Crippen LogP contribution in [0.4, 0.5) is 0 Å². The number of nitrogen functional groups attached to an aromatic ring is 1. The Kier molecular flexibility index (Phi) is 4.11. The van der Waals surface area contributed by atoms with Crippen LogP contribution < -0.4 is 5.73 Å². The fourth-order valence-electron chi connectivity index (χ4n) is 1.32. The zero-order chi connectivity index (χ0) is 13.1. The molecule has 6 heteroatoms. The van der Waals surface area contributed by atoms with Gasteiger partial charge in [0.2, 0.25) is 0 Å². The zero-order valence-corrected chi connectivity index (χ0v) is 11.5. The van der Waals surface area contributed by atoms with Gasteiger partial charge in [-0.2, -0.15) is 0 Å². The zero-order valence-electron chi connectivity index (χ0n) is 9.15. The second kappa shape index (κ2) is 5.61. The van der Waals surface area contributed by atoms with Crippen molar-refractivity contribution in [2.75, 3.05) is 0 Å². The van der Waals surface area contributed by atoms with Crippen molar-refractivity contribution >= 4 is 40.8 Å². The molecule has 0 saturated heterocycles. The number of amidine groups is 1. The summed E-state index contributed by atoms with van der Waals surface area (Å²) in [6.45, 7) is 0. The first-order valence-electron chi connectivity index (χ1n) is 4.99. The maximum Gasteiger partial charge on any atom is 0.141 e. The Labute approximate surface area is 119 Å². The van der Waals surface area contributed by atoms with E-state index >= 15 is 0 Å². The van der Waals surface area contributed by atoms with Crippen LogP contribution in [-0.2, 0) is 0 Å². The summed E-state index contributed by atoms with van der Waals surface area (Å²) < 4.78 is 0. The first-order chi connectivity index (χ1) is 8.54. The summed E-state index contributed by atoms with van der Waals surface area (Å²) in [5.74, 6) is -0.0441. The molecule has 1 aromatic heterocycles. The number of hydrogen-bond acceptors (Lipinski definition) is 3. The summed E-state index contributed by atoms with van der Waals surface area (Å²) in [6, 6.07) is 8.90. The molecule has 0 saturated carbocycles. The molecule has 2 aromatic rings. The smallest absolute Gasteiger partial charge is 0.141 e. The summed E-state index contributed by atoms with van der Waals surface area (Å²) in [4.78, 5) is 5.95. The third-order valence-corrected chi connectivity index (χ3v) is 3.47. The molecule has 0 aliphatic carbocycles. The summed E-state index contributed by atoms with van der Waals surface area (Å²) in [5.41, 5.74) is 5.80. The van der Waals surface area contributed by atoms with E-state index in [1.165, 1.54) is 11.8 Å². The average Bonchev–Trinajstić information content (AvgIpc) is 2.28. The topological polar surface area (TPSA) is 62.8 Å². The lowest BCUT2D eigenvalue weighted by molar-refractivity contribution is 1.19. The van der Waals surface area contributed by atoms with Crippen LogP contribution in [0, 0.1) is 5.41 Å². The second-order valence-electron chi connectivity index (χ2n) is 3.50. The fourth-order valence-corrected chi connectivity index (χ4v) is 2.86. The molecule has 0 fully saturated rings. The van der Waals surface area contributed by atoms with Crippen LogP contribution in [0.3, 0.4) is 0 Å². The number of halogens is 2. The van der Waals surface area contributed by atoms with E-state index in [-0.39, 0.29) is 5.84 Å². The molecule has 1 aromatic carbocycles. The predicted molar refractivity (Wildman–Crippen MR) is 75.8 cm³/mol. The quantitative estimate of drug-likeness (QED) is 0.668. The molecule has 92 valence electrons. The number of pyridine rings is 1. The SMILES string of the molecule is N=C(N)c1ccc(Sc2cc(Cl)cc(Cl)c2)cn1. The van der Waals surface area contributed by atoms with Gasteiger partial charge in [-0.1, -0.05) is 35.0 Å². The Balaban J connectivity index is 2.20. The standard InChI is InChI=1S/C12H9Cl2N3S/c13-7-3-8(14)5-10(4-7)18-9-1-2-11(12(15)16)17-6-9/h1-6H,(H3,15,16). The van der Waals surface area contributed by atoms with E-state index in [2.05, 4.69) is 4.98 Å². The van der Waals surface area contributed by atoms with Crippen molar-refractivity contribution in [3.63, 3.8) is 0 Å². The maximum atomic E-state index is 7.26. The molecule has 2 rings (SSSR count). The van der Waals surface area contributed by atoms with Crippen LogP contribution in [0.1, 0.15) is 5.69 Å². The molecule has 0 spiro atoms. The fraction of sp³-hybridized carbons (Fsp3) is 0. The normalized spacial score (nSPS) is 10.3. The van der Waals surface area contributed by atoms with Crippen molar-refractivity contribution in [1.82, 2.24) is 4.98 Å². The number of rotatable bonds is 3. The first kappa shape index (κ1) is 13.2. The van der Waals surface area contributed by atoms with Gasteiger partial charge in [0.15, 0.2) is 0 Å². The Morgan fingerprint density at radius 3 is 2.28 bits per heavy atom. The molecule has 0 amide bonds. The minimum atomic E-state index is -0.0441. The molecule has 0 radical (unpaired) electrons. The molecule has 3 N–H and O–H groups in total. The molecular formula is C12H9Cl2N3S. The highest BCUT2D eigenvalue weighted by Crippen LogP contribution is 2.31. The lowest BCUT2D eigenvalue weighted by Crippen LogP contribution is -2.12. The molecular weight excluding hydrogens is 289 g/mol. The first-order valence-corrected chi connectivity index (χ1v) is 6.56. The minimum Gasteiger partial charge on any atom is -0.382 e. The van der Waals surface area contributed by atoms with Crippen LogP contribution in [0.25, 0.3) is 0 Å². The maximum absolute atomic E-state index is 7.26. The van der Waals surface area contributed by atoms with Crippen LogP contribution in [0.15, 0.2) is 46.3 Å². The van der Waals surface area contributed by atoms with Crippen molar-refractivity contribution in [3.05, 3.63) is 52.3 Å². The second-order valence-corrected chi connectivity index (χ2v) is 5.52. The Bertz CT molecular complexity index is 564. The average molecular weight is 298 g/mol. The van der Waals surface area contributed by atoms with Gasteiger partial charge in [-0.3, -0.25) is 10.4 Å². The van der Waals surface area contributed by atoms with Crippen molar-refractivity contribution in [2.45, 2.75) is 9.79 Å². The Hall–Kier alpha value is -1.23. The lowest BCUT2D eigenvalue weighted by atomic mass is 10.3. The van der Waals surface area contributed by atoms with Crippen LogP contribution in [0.5, 0.6) is 0 Å². The number of hydrogen-bond donors (Lipinski definition) is 2. The van der Waals surface area contributed by atoms with Crippen molar-refractivity contribution in [1.29, 1.82) is 5.41 Å². The van der Waals surface area contributed by atoms with Gasteiger partial charge in [0.25, 0.3) is 0 Å². The molecule has 0 aliphatic heterocycles. The van der Waals surface area contributed by atoms with Gasteiger partial charge in [0.1, 0.15) is 11.5 Å². The Morgan fingerprint density at radius 1 is 1.11 bits per heavy atom. The number of nitrogens with two attached hydrogens (primary N) is 1. The molecule has 0 unspecified atom stereocenters. The van der Waals surface area contributed by atoms with Gasteiger partial charge in [-0.15, -0.1) is 0 Å². The monoisotopic (exact) mass is 297 g/mol. The number of benzene rings is 1. The minimum absolute atomic E-state index is 0.0441. The van der Waals surface area contributed by atoms with Crippen molar-refractivity contribution < 1.29 is 0 Å². The van der Waals surface area contributed by atoms with E-state index in [0.29, 0.717) is 15.7 Å². The van der Waals surface area contributed by atoms with Gasteiger partial charge in [0.05, 0.1) is 0 Å². The van der Waals surface area contributed by atoms with Gasteiger partial charge in [0, 0.05) is 26.0 Å². The molecule has 0 aliphatic rings. The molecule has 1 heterocycles. The molecule has 18 heavy (non-hydrogen) atoms. The van der Waals surface area contributed by atoms with E-state index in [0.717, 1.165) is 9.79 Å². The highest BCUT2D eigenvalue weighted by molar-refractivity contribution is 7.99. The van der Waals surface area contributed by atoms with Crippen molar-refractivity contribution in [3.8, 4) is 0 Å². The van der Waals surface area contributed by atoms with Gasteiger partial charge in [-0.25, -0.2) is 0 Å². The number of aromatic nitrogens is 1. The number of nitrogens with zero attached hydrogens (tertiary/aromatic N) is 1. The van der Waals surface area contributed by atoms with Crippen LogP contribution >= 0.6 is 35.0 Å². The van der Waals surface area contributed by atoms with E-state index in [1.807, 2.05) is 18.2 Å².